The zero-order chi connectivity index (χ0) is 21.4. The highest BCUT2D eigenvalue weighted by atomic mass is 32.3. The number of alkyl halides is 3. The number of hydrogen-bond acceptors (Lipinski definition) is 5. The number of thiol groups is 1. The van der Waals surface area contributed by atoms with Gasteiger partial charge in [-0.25, -0.2) is 0 Å². The van der Waals surface area contributed by atoms with Gasteiger partial charge in [-0.15, -0.1) is 0 Å². The molecule has 0 aliphatic heterocycles. The number of rotatable bonds is 4. The van der Waals surface area contributed by atoms with Crippen LogP contribution in [0.2, 0.25) is 0 Å². The lowest BCUT2D eigenvalue weighted by molar-refractivity contribution is -0.159. The number of halogens is 3. The van der Waals surface area contributed by atoms with Crippen LogP contribution in [-0.2, 0) is 16.3 Å². The zero-order valence-corrected chi connectivity index (χ0v) is 16.6. The highest BCUT2D eigenvalue weighted by molar-refractivity contribution is 8.01. The summed E-state index contributed by atoms with van der Waals surface area (Å²) in [7, 11) is -3.17. The number of amides is 1. The Labute approximate surface area is 165 Å². The average molecular weight is 425 g/mol. The van der Waals surface area contributed by atoms with E-state index in [1.807, 2.05) is 19.9 Å². The number of aromatic nitrogens is 2. The minimum absolute atomic E-state index is 0.194. The summed E-state index contributed by atoms with van der Waals surface area (Å²) in [6, 6.07) is 11.0. The number of carbonyl (C=O) groups excluding carboxylic acids is 1. The Hall–Kier alpha value is -3.01. The molecular weight excluding hydrogens is 407 g/mol. The van der Waals surface area contributed by atoms with E-state index >= 15 is 0 Å². The first-order chi connectivity index (χ1) is 13.5. The van der Waals surface area contributed by atoms with Crippen LogP contribution >= 0.6 is 0 Å². The first-order valence-electron chi connectivity index (χ1n) is 8.46. The lowest BCUT2D eigenvalue weighted by Gasteiger charge is -2.22. The molecular formula is C19H18F3N3O3S. The quantitative estimate of drug-likeness (QED) is 0.623. The Kier molecular flexibility index (Phi) is 5.31. The average Bonchev–Trinajstić information content (AvgIpc) is 3.11. The number of hydrogen-bond donors (Lipinski definition) is 2. The largest absolute Gasteiger partial charge is 0.471 e. The van der Waals surface area contributed by atoms with Crippen molar-refractivity contribution < 1.29 is 26.7 Å². The first-order valence-corrected chi connectivity index (χ1v) is 10.6. The Morgan fingerprint density at radius 1 is 1.07 bits per heavy atom. The van der Waals surface area contributed by atoms with Crippen molar-refractivity contribution in [3.63, 3.8) is 0 Å². The number of benzene rings is 2. The molecule has 3 rings (SSSR count). The van der Waals surface area contributed by atoms with Crippen molar-refractivity contribution in [2.45, 2.75) is 24.9 Å². The van der Waals surface area contributed by atoms with Crippen molar-refractivity contribution in [3.05, 3.63) is 65.0 Å². The topological polar surface area (TPSA) is 85.1 Å². The molecule has 1 amide bonds. The lowest BCUT2D eigenvalue weighted by Crippen LogP contribution is -2.35. The minimum Gasteiger partial charge on any atom is -0.329 e. The van der Waals surface area contributed by atoms with E-state index in [2.05, 4.69) is 19.4 Å². The normalized spacial score (nSPS) is 12.6. The third kappa shape index (κ3) is 4.70. The Morgan fingerprint density at radius 2 is 1.66 bits per heavy atom. The van der Waals surface area contributed by atoms with E-state index in [0.717, 1.165) is 11.1 Å². The highest BCUT2D eigenvalue weighted by Gasteiger charge is 2.38. The monoisotopic (exact) mass is 425 g/mol. The third-order valence-electron chi connectivity index (χ3n) is 4.09. The maximum absolute atomic E-state index is 13.0. The van der Waals surface area contributed by atoms with Gasteiger partial charge in [-0.2, -0.15) is 18.2 Å². The Balaban J connectivity index is 1.78. The van der Waals surface area contributed by atoms with Crippen LogP contribution in [0.25, 0.3) is 11.4 Å². The van der Waals surface area contributed by atoms with E-state index < -0.39 is 28.1 Å². The van der Waals surface area contributed by atoms with Crippen molar-refractivity contribution in [3.8, 4) is 11.4 Å². The maximum Gasteiger partial charge on any atom is 0.471 e. The van der Waals surface area contributed by atoms with E-state index in [-0.39, 0.29) is 17.0 Å². The molecule has 10 heteroatoms. The molecule has 154 valence electrons. The van der Waals surface area contributed by atoms with Crippen LogP contribution in [-0.4, -0.2) is 26.5 Å². The number of aryl methyl sites for hydroxylation is 2. The molecule has 6 nitrogen and oxygen atoms in total. The van der Waals surface area contributed by atoms with Gasteiger partial charge < -0.3 is 4.52 Å². The molecule has 2 aromatic carbocycles. The first kappa shape index (κ1) is 20.7. The molecule has 0 bridgehead atoms. The van der Waals surface area contributed by atoms with Crippen LogP contribution in [0.1, 0.15) is 27.4 Å². The second kappa shape index (κ2) is 7.43. The molecule has 0 aliphatic carbocycles. The SMILES string of the molecule is Cc1cc(C)cc([SH](C)(=O)NC(=O)c2ccc(-c3noc(C(F)(F)F)n3)cc2)c1. The maximum atomic E-state index is 13.0. The molecule has 1 N–H and O–H groups in total. The molecule has 3 aromatic rings. The summed E-state index contributed by atoms with van der Waals surface area (Å²) in [5.74, 6) is -2.26. The molecule has 0 aliphatic rings. The summed E-state index contributed by atoms with van der Waals surface area (Å²) in [6.07, 6.45) is -3.27. The van der Waals surface area contributed by atoms with Gasteiger partial charge in [0.1, 0.15) is 0 Å². The second-order valence-corrected chi connectivity index (χ2v) is 9.30. The van der Waals surface area contributed by atoms with E-state index in [4.69, 9.17) is 0 Å². The summed E-state index contributed by atoms with van der Waals surface area (Å²) in [5, 5.41) is 3.29. The van der Waals surface area contributed by atoms with Crippen molar-refractivity contribution in [2.24, 2.45) is 0 Å². The number of nitrogens with zero attached hydrogens (tertiary/aromatic N) is 2. The van der Waals surface area contributed by atoms with Crippen molar-refractivity contribution in [1.82, 2.24) is 14.9 Å². The molecule has 1 heterocycles. The summed E-state index contributed by atoms with van der Waals surface area (Å²) < 4.78 is 57.4. The van der Waals surface area contributed by atoms with Gasteiger partial charge in [0.25, 0.3) is 5.91 Å². The minimum atomic E-state index is -4.73. The molecule has 0 spiro atoms. The fraction of sp³-hybridized carbons (Fsp3) is 0.211. The van der Waals surface area contributed by atoms with Crippen LogP contribution in [0.5, 0.6) is 0 Å². The van der Waals surface area contributed by atoms with Gasteiger partial charge in [-0.05, 0) is 59.4 Å². The Bertz CT molecular complexity index is 1090. The van der Waals surface area contributed by atoms with Crippen molar-refractivity contribution in [2.75, 3.05) is 6.26 Å². The molecule has 0 fully saturated rings. The molecule has 1 aromatic heterocycles. The summed E-state index contributed by atoms with van der Waals surface area (Å²) in [4.78, 5) is 16.3. The molecule has 0 saturated heterocycles. The summed E-state index contributed by atoms with van der Waals surface area (Å²) in [6.45, 7) is 3.75. The van der Waals surface area contributed by atoms with Gasteiger partial charge in [-0.1, -0.05) is 23.4 Å². The van der Waals surface area contributed by atoms with Crippen LogP contribution in [0.15, 0.2) is 51.9 Å². The van der Waals surface area contributed by atoms with Crippen LogP contribution in [0.3, 0.4) is 0 Å². The second-order valence-electron chi connectivity index (χ2n) is 6.71. The van der Waals surface area contributed by atoms with Crippen LogP contribution in [0, 0.1) is 13.8 Å². The Morgan fingerprint density at radius 3 is 2.17 bits per heavy atom. The van der Waals surface area contributed by atoms with Gasteiger partial charge in [0.15, 0.2) is 0 Å². The standard InChI is InChI=1S/C19H18F3N3O3S/c1-11-8-12(2)10-15(9-11)29(3,27)25-17(26)14-6-4-13(5-7-14)16-23-18(28-24-16)19(20,21)22/h4-10,29H,1-3H3,(H,25,26,27). The molecule has 0 radical (unpaired) electrons. The highest BCUT2D eigenvalue weighted by Crippen LogP contribution is 2.29. The third-order valence-corrected chi connectivity index (χ3v) is 5.96. The molecule has 0 saturated carbocycles. The fourth-order valence-electron chi connectivity index (χ4n) is 2.75. The van der Waals surface area contributed by atoms with Gasteiger partial charge in [0.2, 0.25) is 5.82 Å². The van der Waals surface area contributed by atoms with Gasteiger partial charge in [0.05, 0.1) is 0 Å². The predicted octanol–water partition coefficient (Wildman–Crippen LogP) is 3.72. The number of nitrogens with one attached hydrogen (secondary N) is 1. The summed E-state index contributed by atoms with van der Waals surface area (Å²) >= 11 is 0. The van der Waals surface area contributed by atoms with Gasteiger partial charge in [0, 0.05) is 22.3 Å². The van der Waals surface area contributed by atoms with Crippen molar-refractivity contribution >= 4 is 16.0 Å². The van der Waals surface area contributed by atoms with Gasteiger partial charge >= 0.3 is 12.1 Å². The van der Waals surface area contributed by atoms with E-state index in [9.17, 15) is 22.2 Å². The van der Waals surface area contributed by atoms with Crippen LogP contribution < -0.4 is 4.72 Å². The molecule has 0 atom stereocenters. The smallest absolute Gasteiger partial charge is 0.329 e. The number of carbonyl (C=O) groups is 1. The lowest BCUT2D eigenvalue weighted by atomic mass is 10.1. The van der Waals surface area contributed by atoms with Gasteiger partial charge in [-0.3, -0.25) is 13.7 Å². The van der Waals surface area contributed by atoms with Crippen molar-refractivity contribution in [1.29, 1.82) is 0 Å². The fourth-order valence-corrected chi connectivity index (χ4v) is 4.29. The van der Waals surface area contributed by atoms with E-state index in [0.29, 0.717) is 4.90 Å². The van der Waals surface area contributed by atoms with E-state index in [1.54, 1.807) is 12.1 Å². The predicted molar refractivity (Wildman–Crippen MR) is 102 cm³/mol. The molecule has 0 unspecified atom stereocenters. The summed E-state index contributed by atoms with van der Waals surface area (Å²) in [5.41, 5.74) is 2.30. The van der Waals surface area contributed by atoms with Crippen LogP contribution in [0.4, 0.5) is 13.2 Å². The zero-order valence-electron chi connectivity index (χ0n) is 15.7. The molecule has 29 heavy (non-hydrogen) atoms. The van der Waals surface area contributed by atoms with E-state index in [1.165, 1.54) is 30.5 Å².